The molecule has 3 aromatic rings. The van der Waals surface area contributed by atoms with Crippen LogP contribution < -0.4 is 5.32 Å². The average Bonchev–Trinajstić information content (AvgIpc) is 3.07. The molecule has 8 nitrogen and oxygen atoms in total. The van der Waals surface area contributed by atoms with Gasteiger partial charge in [0.25, 0.3) is 5.91 Å². The molecule has 0 aliphatic carbocycles. The minimum atomic E-state index is -1.21. The zero-order valence-electron chi connectivity index (χ0n) is 14.0. The SMILES string of the molecule is C[C@H](OC(=O)c1cc2ccccc2o1)C(=O)Nc1ccc(F)c([N+](=O)[O-])c1. The number of halogens is 1. The summed E-state index contributed by atoms with van der Waals surface area (Å²) in [6, 6.07) is 11.4. The maximum absolute atomic E-state index is 13.3. The van der Waals surface area contributed by atoms with Crippen LogP contribution in [0, 0.1) is 15.9 Å². The summed E-state index contributed by atoms with van der Waals surface area (Å²) in [4.78, 5) is 34.1. The predicted molar refractivity (Wildman–Crippen MR) is 92.8 cm³/mol. The highest BCUT2D eigenvalue weighted by Gasteiger charge is 2.23. The van der Waals surface area contributed by atoms with Crippen molar-refractivity contribution < 1.29 is 28.1 Å². The van der Waals surface area contributed by atoms with E-state index in [4.69, 9.17) is 9.15 Å². The minimum absolute atomic E-state index is 0.000244. The molecule has 1 amide bonds. The van der Waals surface area contributed by atoms with Gasteiger partial charge in [-0.25, -0.2) is 4.79 Å². The molecule has 0 spiro atoms. The highest BCUT2D eigenvalue weighted by atomic mass is 19.1. The minimum Gasteiger partial charge on any atom is -0.449 e. The number of amides is 1. The van der Waals surface area contributed by atoms with Gasteiger partial charge < -0.3 is 14.5 Å². The lowest BCUT2D eigenvalue weighted by molar-refractivity contribution is -0.387. The van der Waals surface area contributed by atoms with Gasteiger partial charge in [0.05, 0.1) is 4.92 Å². The van der Waals surface area contributed by atoms with Crippen molar-refractivity contribution in [3.05, 3.63) is 70.2 Å². The summed E-state index contributed by atoms with van der Waals surface area (Å²) < 4.78 is 23.7. The Hall–Kier alpha value is -3.75. The molecule has 27 heavy (non-hydrogen) atoms. The Balaban J connectivity index is 1.67. The third-order valence-electron chi connectivity index (χ3n) is 3.69. The van der Waals surface area contributed by atoms with Gasteiger partial charge in [-0.2, -0.15) is 4.39 Å². The molecule has 0 saturated carbocycles. The maximum Gasteiger partial charge on any atom is 0.375 e. The number of fused-ring (bicyclic) bond motifs is 1. The van der Waals surface area contributed by atoms with Crippen molar-refractivity contribution in [2.45, 2.75) is 13.0 Å². The van der Waals surface area contributed by atoms with E-state index in [-0.39, 0.29) is 11.4 Å². The molecule has 0 aliphatic rings. The van der Waals surface area contributed by atoms with E-state index >= 15 is 0 Å². The van der Waals surface area contributed by atoms with E-state index in [2.05, 4.69) is 5.32 Å². The number of furan rings is 1. The number of rotatable bonds is 5. The Morgan fingerprint density at radius 3 is 2.67 bits per heavy atom. The van der Waals surface area contributed by atoms with Gasteiger partial charge in [-0.1, -0.05) is 18.2 Å². The van der Waals surface area contributed by atoms with Crippen LogP contribution >= 0.6 is 0 Å². The molecule has 0 saturated heterocycles. The molecular weight excluding hydrogens is 359 g/mol. The number of nitrogens with zero attached hydrogens (tertiary/aromatic N) is 1. The summed E-state index contributed by atoms with van der Waals surface area (Å²) in [5.41, 5.74) is -0.278. The van der Waals surface area contributed by atoms with Crippen LogP contribution in [0.2, 0.25) is 0 Å². The summed E-state index contributed by atoms with van der Waals surface area (Å²) in [6.07, 6.45) is -1.21. The van der Waals surface area contributed by atoms with Crippen LogP contribution in [0.4, 0.5) is 15.8 Å². The summed E-state index contributed by atoms with van der Waals surface area (Å²) in [5.74, 6) is -2.66. The zero-order valence-corrected chi connectivity index (χ0v) is 14.0. The van der Waals surface area contributed by atoms with E-state index in [1.165, 1.54) is 13.0 Å². The Morgan fingerprint density at radius 2 is 1.96 bits per heavy atom. The number of esters is 1. The Bertz CT molecular complexity index is 1010. The van der Waals surface area contributed by atoms with Gasteiger partial charge in [-0.3, -0.25) is 14.9 Å². The molecule has 1 atom stereocenters. The first-order valence-electron chi connectivity index (χ1n) is 7.79. The van der Waals surface area contributed by atoms with Crippen molar-refractivity contribution in [2.24, 2.45) is 0 Å². The standard InChI is InChI=1S/C18H13FN2O6/c1-10(17(22)20-12-6-7-13(19)14(9-12)21(24)25)26-18(23)16-8-11-4-2-3-5-15(11)27-16/h2-10H,1H3,(H,20,22)/t10-/m0/s1. The fourth-order valence-corrected chi connectivity index (χ4v) is 2.33. The summed E-state index contributed by atoms with van der Waals surface area (Å²) in [6.45, 7) is 1.33. The molecule has 0 fully saturated rings. The van der Waals surface area contributed by atoms with E-state index in [9.17, 15) is 24.1 Å². The summed E-state index contributed by atoms with van der Waals surface area (Å²) in [5, 5.41) is 13.8. The highest BCUT2D eigenvalue weighted by molar-refractivity contribution is 5.98. The van der Waals surface area contributed by atoms with Crippen LogP contribution in [0.3, 0.4) is 0 Å². The monoisotopic (exact) mass is 372 g/mol. The number of para-hydroxylation sites is 1. The number of ether oxygens (including phenoxy) is 1. The van der Waals surface area contributed by atoms with Crippen molar-refractivity contribution in [1.82, 2.24) is 0 Å². The number of carbonyl (C=O) groups is 2. The number of benzene rings is 2. The molecule has 0 aliphatic heterocycles. The average molecular weight is 372 g/mol. The van der Waals surface area contributed by atoms with Gasteiger partial charge >= 0.3 is 11.7 Å². The predicted octanol–water partition coefficient (Wildman–Crippen LogP) is 3.66. The third kappa shape index (κ3) is 3.92. The summed E-state index contributed by atoms with van der Waals surface area (Å²) in [7, 11) is 0. The first-order valence-corrected chi connectivity index (χ1v) is 7.79. The van der Waals surface area contributed by atoms with Crippen molar-refractivity contribution in [2.75, 3.05) is 5.32 Å². The number of nitro groups is 1. The third-order valence-corrected chi connectivity index (χ3v) is 3.69. The van der Waals surface area contributed by atoms with Crippen molar-refractivity contribution in [1.29, 1.82) is 0 Å². The number of carbonyl (C=O) groups excluding carboxylic acids is 2. The number of nitrogens with one attached hydrogen (secondary N) is 1. The summed E-state index contributed by atoms with van der Waals surface area (Å²) >= 11 is 0. The molecule has 1 aromatic heterocycles. The maximum atomic E-state index is 13.3. The lowest BCUT2D eigenvalue weighted by Crippen LogP contribution is -2.29. The molecule has 1 heterocycles. The number of nitro benzene ring substituents is 1. The fraction of sp³-hybridized carbons (Fsp3) is 0.111. The van der Waals surface area contributed by atoms with Crippen LogP contribution in [-0.4, -0.2) is 22.9 Å². The first-order chi connectivity index (χ1) is 12.8. The van der Waals surface area contributed by atoms with Gasteiger partial charge in [0.2, 0.25) is 11.6 Å². The topological polar surface area (TPSA) is 112 Å². The smallest absolute Gasteiger partial charge is 0.375 e. The van der Waals surface area contributed by atoms with Gasteiger partial charge in [0, 0.05) is 17.1 Å². The molecule has 0 bridgehead atoms. The molecule has 3 rings (SSSR count). The zero-order chi connectivity index (χ0) is 19.6. The molecule has 2 aromatic carbocycles. The largest absolute Gasteiger partial charge is 0.449 e. The van der Waals surface area contributed by atoms with Crippen LogP contribution in [0.1, 0.15) is 17.5 Å². The van der Waals surface area contributed by atoms with Gasteiger partial charge in [-0.15, -0.1) is 0 Å². The first kappa shape index (κ1) is 18.1. The van der Waals surface area contributed by atoms with Gasteiger partial charge in [-0.05, 0) is 31.2 Å². The van der Waals surface area contributed by atoms with Crippen LogP contribution in [-0.2, 0) is 9.53 Å². The Morgan fingerprint density at radius 1 is 1.22 bits per heavy atom. The highest BCUT2D eigenvalue weighted by Crippen LogP contribution is 2.22. The second-order valence-electron chi connectivity index (χ2n) is 5.61. The quantitative estimate of drug-likeness (QED) is 0.415. The second kappa shape index (κ2) is 7.24. The Labute approximate surface area is 151 Å². The number of anilines is 1. The van der Waals surface area contributed by atoms with Crippen LogP contribution in [0.15, 0.2) is 52.9 Å². The lowest BCUT2D eigenvalue weighted by Gasteiger charge is -2.12. The van der Waals surface area contributed by atoms with Gasteiger partial charge in [0.1, 0.15) is 5.58 Å². The van der Waals surface area contributed by atoms with Crippen molar-refractivity contribution in [3.63, 3.8) is 0 Å². The Kier molecular flexibility index (Phi) is 4.84. The molecule has 0 unspecified atom stereocenters. The molecule has 138 valence electrons. The number of hydrogen-bond acceptors (Lipinski definition) is 6. The molecule has 1 N–H and O–H groups in total. The molecular formula is C18H13FN2O6. The fourth-order valence-electron chi connectivity index (χ4n) is 2.33. The van der Waals surface area contributed by atoms with Crippen LogP contribution in [0.5, 0.6) is 0 Å². The normalized spacial score (nSPS) is 11.8. The van der Waals surface area contributed by atoms with E-state index in [1.807, 2.05) is 0 Å². The number of hydrogen-bond donors (Lipinski definition) is 1. The van der Waals surface area contributed by atoms with E-state index in [0.717, 1.165) is 18.2 Å². The molecule has 9 heteroatoms. The van der Waals surface area contributed by atoms with E-state index < -0.39 is 34.4 Å². The lowest BCUT2D eigenvalue weighted by atomic mass is 10.2. The van der Waals surface area contributed by atoms with E-state index in [1.54, 1.807) is 24.3 Å². The van der Waals surface area contributed by atoms with Crippen LogP contribution in [0.25, 0.3) is 11.0 Å². The second-order valence-corrected chi connectivity index (χ2v) is 5.61. The van der Waals surface area contributed by atoms with E-state index in [0.29, 0.717) is 11.0 Å². The van der Waals surface area contributed by atoms with Crippen molar-refractivity contribution >= 4 is 34.2 Å². The van der Waals surface area contributed by atoms with Crippen molar-refractivity contribution in [3.8, 4) is 0 Å². The van der Waals surface area contributed by atoms with Gasteiger partial charge in [0.15, 0.2) is 6.10 Å². The molecule has 0 radical (unpaired) electrons.